The van der Waals surface area contributed by atoms with Crippen LogP contribution in [0.1, 0.15) is 21.5 Å². The molecule has 0 amide bonds. The molecule has 112 valence electrons. The van der Waals surface area contributed by atoms with E-state index >= 15 is 0 Å². The van der Waals surface area contributed by atoms with Crippen molar-refractivity contribution in [2.24, 2.45) is 0 Å². The predicted octanol–water partition coefficient (Wildman–Crippen LogP) is 5.34. The summed E-state index contributed by atoms with van der Waals surface area (Å²) in [5.74, 6) is -0.0799. The zero-order valence-corrected chi connectivity index (χ0v) is 12.5. The molecule has 1 unspecified atom stereocenters. The van der Waals surface area contributed by atoms with Gasteiger partial charge in [-0.25, -0.2) is 4.39 Å². The summed E-state index contributed by atoms with van der Waals surface area (Å²) in [5, 5.41) is 0. The molecule has 1 atom stereocenters. The summed E-state index contributed by atoms with van der Waals surface area (Å²) in [5.41, 5.74) is -0.305. The van der Waals surface area contributed by atoms with Gasteiger partial charge in [-0.1, -0.05) is 28.1 Å². The molecule has 0 N–H and O–H groups in total. The number of benzene rings is 2. The van der Waals surface area contributed by atoms with Gasteiger partial charge in [-0.15, -0.1) is 0 Å². The Morgan fingerprint density at radius 2 is 1.67 bits per heavy atom. The molecule has 0 radical (unpaired) electrons. The molecule has 0 bridgehead atoms. The molecule has 0 saturated heterocycles. The number of hydrogen-bond acceptors (Lipinski definition) is 1. The van der Waals surface area contributed by atoms with Crippen LogP contribution in [0.15, 0.2) is 42.5 Å². The van der Waals surface area contributed by atoms with Crippen molar-refractivity contribution >= 4 is 15.9 Å². The van der Waals surface area contributed by atoms with Gasteiger partial charge >= 0.3 is 6.18 Å². The first-order chi connectivity index (χ1) is 9.82. The summed E-state index contributed by atoms with van der Waals surface area (Å²) in [6.45, 7) is 0. The van der Waals surface area contributed by atoms with E-state index in [-0.39, 0.29) is 5.56 Å². The van der Waals surface area contributed by atoms with Crippen molar-refractivity contribution in [3.8, 4) is 5.75 Å². The normalized spacial score (nSPS) is 13.0. The molecule has 0 saturated carbocycles. The van der Waals surface area contributed by atoms with Crippen LogP contribution >= 0.6 is 15.9 Å². The highest BCUT2D eigenvalue weighted by atomic mass is 79.9. The summed E-state index contributed by atoms with van der Waals surface area (Å²) < 4.78 is 57.0. The molecule has 0 aromatic heterocycles. The second kappa shape index (κ2) is 6.05. The van der Waals surface area contributed by atoms with Crippen molar-refractivity contribution in [2.45, 2.75) is 11.0 Å². The number of halogens is 5. The van der Waals surface area contributed by atoms with Gasteiger partial charge < -0.3 is 4.74 Å². The Hall–Kier alpha value is -1.56. The zero-order chi connectivity index (χ0) is 15.6. The molecule has 2 aromatic carbocycles. The lowest BCUT2D eigenvalue weighted by molar-refractivity contribution is -0.137. The van der Waals surface area contributed by atoms with Gasteiger partial charge in [-0.3, -0.25) is 0 Å². The van der Waals surface area contributed by atoms with E-state index in [9.17, 15) is 17.6 Å². The largest absolute Gasteiger partial charge is 0.497 e. The third-order valence-corrected chi connectivity index (χ3v) is 4.03. The van der Waals surface area contributed by atoms with Gasteiger partial charge in [-0.2, -0.15) is 13.2 Å². The maximum atomic E-state index is 13.8. The average molecular weight is 363 g/mol. The first-order valence-corrected chi connectivity index (χ1v) is 6.89. The third kappa shape index (κ3) is 3.56. The van der Waals surface area contributed by atoms with Crippen molar-refractivity contribution in [3.63, 3.8) is 0 Å². The lowest BCUT2D eigenvalue weighted by Gasteiger charge is -2.15. The smallest absolute Gasteiger partial charge is 0.416 e. The van der Waals surface area contributed by atoms with Gasteiger partial charge in [0.2, 0.25) is 0 Å². The summed E-state index contributed by atoms with van der Waals surface area (Å²) in [6, 6.07) is 9.03. The Bertz CT molecular complexity index is 623. The Morgan fingerprint density at radius 3 is 2.19 bits per heavy atom. The van der Waals surface area contributed by atoms with E-state index in [0.29, 0.717) is 11.3 Å². The number of rotatable bonds is 3. The van der Waals surface area contributed by atoms with E-state index in [2.05, 4.69) is 15.9 Å². The molecule has 2 rings (SSSR count). The quantitative estimate of drug-likeness (QED) is 0.529. The zero-order valence-electron chi connectivity index (χ0n) is 10.9. The molecule has 0 aliphatic heterocycles. The molecule has 2 aromatic rings. The fourth-order valence-corrected chi connectivity index (χ4v) is 2.52. The minimum Gasteiger partial charge on any atom is -0.497 e. The third-order valence-electron chi connectivity index (χ3n) is 3.00. The Labute approximate surface area is 127 Å². The van der Waals surface area contributed by atoms with Crippen molar-refractivity contribution in [2.75, 3.05) is 7.11 Å². The van der Waals surface area contributed by atoms with Gasteiger partial charge in [0, 0.05) is 5.56 Å². The Kier molecular flexibility index (Phi) is 4.56. The second-order valence-corrected chi connectivity index (χ2v) is 5.29. The average Bonchev–Trinajstić information content (AvgIpc) is 2.46. The van der Waals surface area contributed by atoms with Crippen LogP contribution in [0.2, 0.25) is 0 Å². The topological polar surface area (TPSA) is 9.23 Å². The molecular formula is C15H11BrF4O. The maximum absolute atomic E-state index is 13.8. The summed E-state index contributed by atoms with van der Waals surface area (Å²) in [4.78, 5) is -0.675. The van der Waals surface area contributed by atoms with Crippen molar-refractivity contribution in [3.05, 3.63) is 65.0 Å². The van der Waals surface area contributed by atoms with Crippen LogP contribution in [-0.2, 0) is 6.18 Å². The number of hydrogen-bond donors (Lipinski definition) is 0. The monoisotopic (exact) mass is 362 g/mol. The Balaban J connectivity index is 2.39. The Morgan fingerprint density at radius 1 is 1.05 bits per heavy atom. The number of ether oxygens (including phenoxy) is 1. The number of methoxy groups -OCH3 is 1. The van der Waals surface area contributed by atoms with E-state index in [0.717, 1.165) is 18.2 Å². The minimum absolute atomic E-state index is 0.0602. The molecule has 6 heteroatoms. The van der Waals surface area contributed by atoms with E-state index in [4.69, 9.17) is 4.74 Å². The van der Waals surface area contributed by atoms with Crippen molar-refractivity contribution < 1.29 is 22.3 Å². The van der Waals surface area contributed by atoms with Gasteiger partial charge in [0.15, 0.2) is 0 Å². The molecule has 0 heterocycles. The van der Waals surface area contributed by atoms with E-state index in [1.165, 1.54) is 7.11 Å². The van der Waals surface area contributed by atoms with Crippen LogP contribution in [0.4, 0.5) is 17.6 Å². The summed E-state index contributed by atoms with van der Waals surface area (Å²) in [7, 11) is 1.51. The molecule has 1 nitrogen and oxygen atoms in total. The highest BCUT2D eigenvalue weighted by Gasteiger charge is 2.32. The molecule has 0 fully saturated rings. The highest BCUT2D eigenvalue weighted by Crippen LogP contribution is 2.37. The fraction of sp³-hybridized carbons (Fsp3) is 0.200. The first-order valence-electron chi connectivity index (χ1n) is 5.97. The number of alkyl halides is 4. The molecule has 0 aliphatic rings. The predicted molar refractivity (Wildman–Crippen MR) is 75.2 cm³/mol. The fourth-order valence-electron chi connectivity index (χ4n) is 1.87. The van der Waals surface area contributed by atoms with Crippen LogP contribution in [0.3, 0.4) is 0 Å². The molecule has 0 aliphatic carbocycles. The molecule has 0 spiro atoms. The van der Waals surface area contributed by atoms with Crippen LogP contribution < -0.4 is 4.74 Å². The highest BCUT2D eigenvalue weighted by molar-refractivity contribution is 9.09. The van der Waals surface area contributed by atoms with Crippen molar-refractivity contribution in [1.29, 1.82) is 0 Å². The first kappa shape index (κ1) is 15.8. The molecular weight excluding hydrogens is 352 g/mol. The van der Waals surface area contributed by atoms with Crippen LogP contribution in [0.5, 0.6) is 5.75 Å². The van der Waals surface area contributed by atoms with Crippen LogP contribution in [0.25, 0.3) is 0 Å². The van der Waals surface area contributed by atoms with Gasteiger partial charge in [0.25, 0.3) is 0 Å². The molecule has 21 heavy (non-hydrogen) atoms. The standard InChI is InChI=1S/C15H11BrF4O/c1-21-11-5-2-9(3-6-11)14(16)12-8-10(15(18,19)20)4-7-13(12)17/h2-8,14H,1H3. The van der Waals surface area contributed by atoms with Gasteiger partial charge in [-0.05, 0) is 35.9 Å². The summed E-state index contributed by atoms with van der Waals surface area (Å²) in [6.07, 6.45) is -4.50. The van der Waals surface area contributed by atoms with Crippen molar-refractivity contribution in [1.82, 2.24) is 0 Å². The van der Waals surface area contributed by atoms with E-state index in [1.807, 2.05) is 0 Å². The SMILES string of the molecule is COc1ccc(C(Br)c2cc(C(F)(F)F)ccc2F)cc1. The van der Waals surface area contributed by atoms with Crippen LogP contribution in [0, 0.1) is 5.82 Å². The van der Waals surface area contributed by atoms with Crippen LogP contribution in [-0.4, -0.2) is 7.11 Å². The lowest BCUT2D eigenvalue weighted by Crippen LogP contribution is -2.07. The lowest BCUT2D eigenvalue weighted by atomic mass is 10.0. The van der Waals surface area contributed by atoms with Gasteiger partial charge in [0.1, 0.15) is 11.6 Å². The maximum Gasteiger partial charge on any atom is 0.416 e. The minimum atomic E-state index is -4.50. The van der Waals surface area contributed by atoms with Gasteiger partial charge in [0.05, 0.1) is 17.5 Å². The second-order valence-electron chi connectivity index (χ2n) is 4.37. The van der Waals surface area contributed by atoms with E-state index < -0.39 is 22.4 Å². The summed E-state index contributed by atoms with van der Waals surface area (Å²) >= 11 is 3.24. The van der Waals surface area contributed by atoms with E-state index in [1.54, 1.807) is 24.3 Å².